The maximum atomic E-state index is 12.5. The third kappa shape index (κ3) is 3.66. The van der Waals surface area contributed by atoms with E-state index in [0.717, 1.165) is 35.6 Å². The standard InChI is InChI=1S/C17H27N5OS/c1-6-17(5,7-2)16(23)18-9-12(4)22(8-3)14-13-15(20-10-19-14)24-11-21-13/h10-12H,6-9H2,1-5H3,(H,18,23)/t12-/m1/s1. The van der Waals surface area contributed by atoms with Crippen LogP contribution in [0.4, 0.5) is 5.82 Å². The zero-order valence-electron chi connectivity index (χ0n) is 15.2. The van der Waals surface area contributed by atoms with Crippen molar-refractivity contribution < 1.29 is 4.79 Å². The molecule has 0 aliphatic rings. The number of likely N-dealkylation sites (N-methyl/N-ethyl adjacent to an activating group) is 1. The Kier molecular flexibility index (Phi) is 6.10. The Balaban J connectivity index is 2.11. The summed E-state index contributed by atoms with van der Waals surface area (Å²) in [4.78, 5) is 28.6. The minimum Gasteiger partial charge on any atom is -0.354 e. The van der Waals surface area contributed by atoms with Gasteiger partial charge in [-0.3, -0.25) is 4.79 Å². The van der Waals surface area contributed by atoms with Crippen molar-refractivity contribution in [3.05, 3.63) is 11.8 Å². The molecule has 0 saturated carbocycles. The van der Waals surface area contributed by atoms with E-state index in [0.29, 0.717) is 6.54 Å². The van der Waals surface area contributed by atoms with Crippen LogP contribution in [0.3, 0.4) is 0 Å². The molecule has 2 heterocycles. The fraction of sp³-hybridized carbons (Fsp3) is 0.647. The molecule has 7 heteroatoms. The number of aromatic nitrogens is 3. The highest BCUT2D eigenvalue weighted by molar-refractivity contribution is 7.16. The number of thiazole rings is 1. The van der Waals surface area contributed by atoms with E-state index >= 15 is 0 Å². The molecule has 2 aromatic rings. The van der Waals surface area contributed by atoms with Crippen LogP contribution in [0.25, 0.3) is 10.3 Å². The first-order chi connectivity index (χ1) is 11.5. The molecule has 1 atom stereocenters. The predicted molar refractivity (Wildman–Crippen MR) is 99.4 cm³/mol. The van der Waals surface area contributed by atoms with Gasteiger partial charge in [0.05, 0.1) is 5.51 Å². The minimum absolute atomic E-state index is 0.122. The highest BCUT2D eigenvalue weighted by atomic mass is 32.1. The van der Waals surface area contributed by atoms with E-state index in [1.165, 1.54) is 11.3 Å². The van der Waals surface area contributed by atoms with Crippen LogP contribution in [0.1, 0.15) is 47.5 Å². The Morgan fingerprint density at radius 1 is 1.29 bits per heavy atom. The summed E-state index contributed by atoms with van der Waals surface area (Å²) in [5, 5.41) is 3.11. The summed E-state index contributed by atoms with van der Waals surface area (Å²) in [5.41, 5.74) is 2.32. The molecule has 6 nitrogen and oxygen atoms in total. The van der Waals surface area contributed by atoms with Gasteiger partial charge in [-0.2, -0.15) is 0 Å². The van der Waals surface area contributed by atoms with Gasteiger partial charge in [0, 0.05) is 24.5 Å². The molecular formula is C17H27N5OS. The van der Waals surface area contributed by atoms with Crippen molar-refractivity contribution in [2.45, 2.75) is 53.5 Å². The number of hydrogen-bond acceptors (Lipinski definition) is 6. The van der Waals surface area contributed by atoms with E-state index in [4.69, 9.17) is 0 Å². The van der Waals surface area contributed by atoms with E-state index in [9.17, 15) is 4.79 Å². The number of rotatable bonds is 8. The van der Waals surface area contributed by atoms with Gasteiger partial charge in [0.15, 0.2) is 5.82 Å². The molecular weight excluding hydrogens is 322 g/mol. The van der Waals surface area contributed by atoms with Crippen molar-refractivity contribution in [2.75, 3.05) is 18.0 Å². The average Bonchev–Trinajstić information content (AvgIpc) is 3.09. The highest BCUT2D eigenvalue weighted by Crippen LogP contribution is 2.27. The van der Waals surface area contributed by atoms with Gasteiger partial charge in [0.1, 0.15) is 16.7 Å². The Hall–Kier alpha value is -1.76. The van der Waals surface area contributed by atoms with Crippen molar-refractivity contribution >= 4 is 33.4 Å². The number of nitrogens with zero attached hydrogens (tertiary/aromatic N) is 4. The summed E-state index contributed by atoms with van der Waals surface area (Å²) >= 11 is 1.51. The lowest BCUT2D eigenvalue weighted by atomic mass is 9.84. The number of hydrogen-bond donors (Lipinski definition) is 1. The van der Waals surface area contributed by atoms with E-state index in [2.05, 4.69) is 52.9 Å². The van der Waals surface area contributed by atoms with E-state index < -0.39 is 0 Å². The lowest BCUT2D eigenvalue weighted by molar-refractivity contribution is -0.130. The number of carbonyl (C=O) groups excluding carboxylic acids is 1. The second-order valence-corrected chi connectivity index (χ2v) is 7.15. The SMILES string of the molecule is CCN(c1ncnc2scnc12)[C@H](C)CNC(=O)C(C)(CC)CC. The molecule has 0 spiro atoms. The van der Waals surface area contributed by atoms with E-state index in [-0.39, 0.29) is 17.4 Å². The monoisotopic (exact) mass is 349 g/mol. The van der Waals surface area contributed by atoms with Crippen molar-refractivity contribution in [1.29, 1.82) is 0 Å². The van der Waals surface area contributed by atoms with Crippen molar-refractivity contribution in [2.24, 2.45) is 5.41 Å². The van der Waals surface area contributed by atoms with Gasteiger partial charge in [-0.15, -0.1) is 11.3 Å². The first-order valence-electron chi connectivity index (χ1n) is 8.55. The molecule has 2 aromatic heterocycles. The lowest BCUT2D eigenvalue weighted by Gasteiger charge is -2.31. The molecule has 0 saturated heterocycles. The predicted octanol–water partition coefficient (Wildman–Crippen LogP) is 3.24. The van der Waals surface area contributed by atoms with Gasteiger partial charge < -0.3 is 10.2 Å². The van der Waals surface area contributed by atoms with Gasteiger partial charge in [-0.05, 0) is 26.7 Å². The fourth-order valence-electron chi connectivity index (χ4n) is 2.70. The lowest BCUT2D eigenvalue weighted by Crippen LogP contribution is -2.46. The molecule has 0 aliphatic heterocycles. The Morgan fingerprint density at radius 2 is 2.00 bits per heavy atom. The van der Waals surface area contributed by atoms with E-state index in [1.807, 2.05) is 6.92 Å². The van der Waals surface area contributed by atoms with Gasteiger partial charge >= 0.3 is 0 Å². The maximum Gasteiger partial charge on any atom is 0.225 e. The summed E-state index contributed by atoms with van der Waals surface area (Å²) in [6.45, 7) is 11.7. The van der Waals surface area contributed by atoms with Crippen LogP contribution in [-0.2, 0) is 4.79 Å². The molecule has 1 N–H and O–H groups in total. The van der Waals surface area contributed by atoms with Crippen LogP contribution in [0, 0.1) is 5.41 Å². The Labute approximate surface area is 147 Å². The van der Waals surface area contributed by atoms with Crippen LogP contribution >= 0.6 is 11.3 Å². The van der Waals surface area contributed by atoms with Crippen LogP contribution in [-0.4, -0.2) is 40.0 Å². The molecule has 24 heavy (non-hydrogen) atoms. The Morgan fingerprint density at radius 3 is 2.62 bits per heavy atom. The summed E-state index contributed by atoms with van der Waals surface area (Å²) in [6, 6.07) is 0.122. The number of amides is 1. The molecule has 0 radical (unpaired) electrons. The maximum absolute atomic E-state index is 12.5. The fourth-order valence-corrected chi connectivity index (χ4v) is 3.32. The largest absolute Gasteiger partial charge is 0.354 e. The molecule has 0 unspecified atom stereocenters. The number of nitrogens with one attached hydrogen (secondary N) is 1. The third-order valence-corrected chi connectivity index (χ3v) is 5.66. The first kappa shape index (κ1) is 18.6. The highest BCUT2D eigenvalue weighted by Gasteiger charge is 2.29. The number of carbonyl (C=O) groups is 1. The van der Waals surface area contributed by atoms with Crippen molar-refractivity contribution in [3.8, 4) is 0 Å². The molecule has 132 valence electrons. The topological polar surface area (TPSA) is 71.0 Å². The first-order valence-corrected chi connectivity index (χ1v) is 9.43. The smallest absolute Gasteiger partial charge is 0.225 e. The summed E-state index contributed by atoms with van der Waals surface area (Å²) in [7, 11) is 0. The third-order valence-electron chi connectivity index (χ3n) is 4.93. The van der Waals surface area contributed by atoms with Gasteiger partial charge in [0.2, 0.25) is 5.91 Å². The van der Waals surface area contributed by atoms with Crippen molar-refractivity contribution in [3.63, 3.8) is 0 Å². The number of fused-ring (bicyclic) bond motifs is 1. The molecule has 0 bridgehead atoms. The van der Waals surface area contributed by atoms with Crippen LogP contribution in [0.2, 0.25) is 0 Å². The second-order valence-electron chi connectivity index (χ2n) is 6.32. The van der Waals surface area contributed by atoms with Gasteiger partial charge in [0.25, 0.3) is 0 Å². The van der Waals surface area contributed by atoms with Crippen LogP contribution < -0.4 is 10.2 Å². The van der Waals surface area contributed by atoms with Crippen LogP contribution in [0.15, 0.2) is 11.8 Å². The molecule has 1 amide bonds. The van der Waals surface area contributed by atoms with Gasteiger partial charge in [-0.1, -0.05) is 20.8 Å². The summed E-state index contributed by atoms with van der Waals surface area (Å²) in [5.74, 6) is 0.955. The number of anilines is 1. The summed E-state index contributed by atoms with van der Waals surface area (Å²) < 4.78 is 0. The second kappa shape index (κ2) is 7.88. The minimum atomic E-state index is -0.298. The molecule has 0 aromatic carbocycles. The molecule has 0 aliphatic carbocycles. The zero-order chi connectivity index (χ0) is 17.7. The zero-order valence-corrected chi connectivity index (χ0v) is 16.0. The summed E-state index contributed by atoms with van der Waals surface area (Å²) in [6.07, 6.45) is 3.26. The average molecular weight is 350 g/mol. The van der Waals surface area contributed by atoms with E-state index in [1.54, 1.807) is 11.8 Å². The molecule has 0 fully saturated rings. The Bertz CT molecular complexity index is 682. The van der Waals surface area contributed by atoms with Crippen molar-refractivity contribution in [1.82, 2.24) is 20.3 Å². The quantitative estimate of drug-likeness (QED) is 0.792. The molecule has 2 rings (SSSR count). The van der Waals surface area contributed by atoms with Crippen LogP contribution in [0.5, 0.6) is 0 Å². The normalized spacial score (nSPS) is 13.0. The van der Waals surface area contributed by atoms with Gasteiger partial charge in [-0.25, -0.2) is 15.0 Å².